The van der Waals surface area contributed by atoms with Crippen molar-refractivity contribution in [3.8, 4) is 11.3 Å². The largest absolute Gasteiger partial charge is 0.355 e. The van der Waals surface area contributed by atoms with Crippen molar-refractivity contribution < 1.29 is 4.79 Å². The quantitative estimate of drug-likeness (QED) is 0.771. The fourth-order valence-corrected chi connectivity index (χ4v) is 4.61. The van der Waals surface area contributed by atoms with Gasteiger partial charge in [-0.25, -0.2) is 0 Å². The molecular weight excluding hydrogens is 386 g/mol. The Kier molecular flexibility index (Phi) is 7.52. The molecule has 31 heavy (non-hydrogen) atoms. The lowest BCUT2D eigenvalue weighted by Crippen LogP contribution is -2.45. The minimum absolute atomic E-state index is 0.0245. The van der Waals surface area contributed by atoms with Crippen LogP contribution in [0.3, 0.4) is 0 Å². The molecule has 0 saturated carbocycles. The number of nitrogens with one attached hydrogen (secondary N) is 1. The molecule has 2 aliphatic heterocycles. The summed E-state index contributed by atoms with van der Waals surface area (Å²) in [6.45, 7) is 7.78. The zero-order valence-corrected chi connectivity index (χ0v) is 18.7. The normalized spacial score (nSPS) is 20.3. The van der Waals surface area contributed by atoms with Crippen LogP contribution < -0.4 is 10.2 Å². The van der Waals surface area contributed by atoms with Gasteiger partial charge in [0.1, 0.15) is 0 Å². The monoisotopic (exact) mass is 421 g/mol. The van der Waals surface area contributed by atoms with E-state index in [9.17, 15) is 4.79 Å². The number of likely N-dealkylation sites (tertiary alicyclic amines) is 1. The van der Waals surface area contributed by atoms with E-state index in [0.29, 0.717) is 6.54 Å². The molecule has 6 heteroatoms. The number of aromatic nitrogens is 2. The molecule has 2 aromatic rings. The van der Waals surface area contributed by atoms with E-state index in [1.165, 1.54) is 44.3 Å². The van der Waals surface area contributed by atoms with Crippen molar-refractivity contribution in [3.63, 3.8) is 0 Å². The molecule has 2 fully saturated rings. The Morgan fingerprint density at radius 1 is 0.968 bits per heavy atom. The lowest BCUT2D eigenvalue weighted by atomic mass is 9.97. The fourth-order valence-electron chi connectivity index (χ4n) is 4.61. The van der Waals surface area contributed by atoms with Crippen molar-refractivity contribution in [2.75, 3.05) is 44.2 Å². The van der Waals surface area contributed by atoms with Crippen LogP contribution in [0.4, 0.5) is 5.82 Å². The predicted molar refractivity (Wildman–Crippen MR) is 125 cm³/mol. The van der Waals surface area contributed by atoms with Crippen LogP contribution >= 0.6 is 0 Å². The van der Waals surface area contributed by atoms with E-state index in [1.54, 1.807) is 0 Å². The van der Waals surface area contributed by atoms with Crippen molar-refractivity contribution in [3.05, 3.63) is 42.0 Å². The van der Waals surface area contributed by atoms with Gasteiger partial charge >= 0.3 is 0 Å². The van der Waals surface area contributed by atoms with E-state index in [1.807, 2.05) is 12.1 Å². The Morgan fingerprint density at radius 2 is 1.74 bits per heavy atom. The van der Waals surface area contributed by atoms with Gasteiger partial charge in [-0.1, -0.05) is 42.7 Å². The number of carbonyl (C=O) groups excluding carboxylic acids is 1. The Morgan fingerprint density at radius 3 is 2.45 bits per heavy atom. The van der Waals surface area contributed by atoms with Gasteiger partial charge in [0.2, 0.25) is 5.91 Å². The van der Waals surface area contributed by atoms with Gasteiger partial charge in [-0.15, -0.1) is 10.2 Å². The lowest BCUT2D eigenvalue weighted by Gasteiger charge is -2.32. The minimum atomic E-state index is 0.0245. The Labute approximate surface area is 186 Å². The van der Waals surface area contributed by atoms with E-state index < -0.39 is 0 Å². The molecule has 4 rings (SSSR count). The van der Waals surface area contributed by atoms with Gasteiger partial charge in [-0.05, 0) is 57.8 Å². The summed E-state index contributed by atoms with van der Waals surface area (Å²) in [4.78, 5) is 17.5. The number of anilines is 1. The average Bonchev–Trinajstić information content (AvgIpc) is 3.09. The molecule has 2 saturated heterocycles. The second kappa shape index (κ2) is 10.7. The van der Waals surface area contributed by atoms with Crippen molar-refractivity contribution in [2.45, 2.75) is 45.4 Å². The number of carbonyl (C=O) groups is 1. The summed E-state index contributed by atoms with van der Waals surface area (Å²) in [7, 11) is 0. The Hall–Kier alpha value is -2.47. The van der Waals surface area contributed by atoms with E-state index in [-0.39, 0.29) is 11.8 Å². The van der Waals surface area contributed by atoms with Crippen LogP contribution in [0.15, 0.2) is 36.4 Å². The van der Waals surface area contributed by atoms with Crippen molar-refractivity contribution >= 4 is 11.7 Å². The van der Waals surface area contributed by atoms with E-state index >= 15 is 0 Å². The summed E-state index contributed by atoms with van der Waals surface area (Å²) in [5.41, 5.74) is 3.19. The highest BCUT2D eigenvalue weighted by Gasteiger charge is 2.26. The van der Waals surface area contributed by atoms with Crippen LogP contribution in [-0.4, -0.2) is 60.3 Å². The summed E-state index contributed by atoms with van der Waals surface area (Å²) in [5, 5.41) is 12.1. The highest BCUT2D eigenvalue weighted by atomic mass is 16.1. The molecule has 166 valence electrons. The van der Waals surface area contributed by atoms with Gasteiger partial charge in [0.25, 0.3) is 0 Å². The Bertz CT molecular complexity index is 828. The predicted octanol–water partition coefficient (Wildman–Crippen LogP) is 3.66. The summed E-state index contributed by atoms with van der Waals surface area (Å²) in [6, 6.07) is 12.4. The standard InChI is InChI=1S/C25H35N5O/c1-20-8-10-21(11-9-20)23-12-13-24(28-27-23)30-17-6-7-22(19-30)25(31)26-14-18-29-15-4-2-3-5-16-29/h8-13,22H,2-7,14-19H2,1H3,(H,26,31)/t22-/m0/s1. The van der Waals surface area contributed by atoms with Crippen molar-refractivity contribution in [2.24, 2.45) is 5.92 Å². The molecule has 1 atom stereocenters. The van der Waals surface area contributed by atoms with Crippen LogP contribution in [0.1, 0.15) is 44.1 Å². The maximum atomic E-state index is 12.8. The molecule has 0 bridgehead atoms. The number of piperidine rings is 1. The fraction of sp³-hybridized carbons (Fsp3) is 0.560. The second-order valence-corrected chi connectivity index (χ2v) is 8.97. The molecule has 0 aliphatic carbocycles. The summed E-state index contributed by atoms with van der Waals surface area (Å²) in [6.07, 6.45) is 7.21. The third kappa shape index (κ3) is 6.03. The van der Waals surface area contributed by atoms with E-state index in [0.717, 1.165) is 49.6 Å². The van der Waals surface area contributed by atoms with Gasteiger partial charge in [0.15, 0.2) is 5.82 Å². The number of benzene rings is 1. The molecule has 1 amide bonds. The highest BCUT2D eigenvalue weighted by molar-refractivity contribution is 5.79. The first kappa shape index (κ1) is 21.8. The SMILES string of the molecule is Cc1ccc(-c2ccc(N3CCC[C@H](C(=O)NCCN4CCCCCC4)C3)nn2)cc1. The second-order valence-electron chi connectivity index (χ2n) is 8.97. The number of aryl methyl sites for hydroxylation is 1. The lowest BCUT2D eigenvalue weighted by molar-refractivity contribution is -0.125. The summed E-state index contributed by atoms with van der Waals surface area (Å²) >= 11 is 0. The minimum Gasteiger partial charge on any atom is -0.355 e. The number of hydrogen-bond acceptors (Lipinski definition) is 5. The Balaban J connectivity index is 1.28. The molecule has 1 aromatic heterocycles. The summed E-state index contributed by atoms with van der Waals surface area (Å²) < 4.78 is 0. The molecule has 0 unspecified atom stereocenters. The van der Waals surface area contributed by atoms with Crippen molar-refractivity contribution in [1.82, 2.24) is 20.4 Å². The number of nitrogens with zero attached hydrogens (tertiary/aromatic N) is 4. The van der Waals surface area contributed by atoms with Crippen LogP contribution in [0, 0.1) is 12.8 Å². The molecule has 1 aromatic carbocycles. The van der Waals surface area contributed by atoms with E-state index in [2.05, 4.69) is 56.5 Å². The smallest absolute Gasteiger partial charge is 0.224 e. The third-order valence-electron chi connectivity index (χ3n) is 6.54. The van der Waals surface area contributed by atoms with Gasteiger partial charge in [0, 0.05) is 31.7 Å². The van der Waals surface area contributed by atoms with Crippen molar-refractivity contribution in [1.29, 1.82) is 0 Å². The molecule has 0 radical (unpaired) electrons. The molecule has 1 N–H and O–H groups in total. The molecule has 6 nitrogen and oxygen atoms in total. The van der Waals surface area contributed by atoms with Gasteiger partial charge < -0.3 is 15.1 Å². The number of rotatable bonds is 6. The zero-order chi connectivity index (χ0) is 21.5. The van der Waals surface area contributed by atoms with Crippen LogP contribution in [0.2, 0.25) is 0 Å². The highest BCUT2D eigenvalue weighted by Crippen LogP contribution is 2.23. The van der Waals surface area contributed by atoms with Crippen LogP contribution in [-0.2, 0) is 4.79 Å². The molecule has 0 spiro atoms. The molecular formula is C25H35N5O. The molecule has 3 heterocycles. The zero-order valence-electron chi connectivity index (χ0n) is 18.7. The maximum absolute atomic E-state index is 12.8. The first-order valence-corrected chi connectivity index (χ1v) is 11.8. The molecule has 2 aliphatic rings. The maximum Gasteiger partial charge on any atom is 0.224 e. The van der Waals surface area contributed by atoms with Crippen LogP contribution in [0.5, 0.6) is 0 Å². The first-order valence-electron chi connectivity index (χ1n) is 11.8. The van der Waals surface area contributed by atoms with Gasteiger partial charge in [0.05, 0.1) is 11.6 Å². The number of hydrogen-bond donors (Lipinski definition) is 1. The van der Waals surface area contributed by atoms with Gasteiger partial charge in [-0.3, -0.25) is 4.79 Å². The van der Waals surface area contributed by atoms with Gasteiger partial charge in [-0.2, -0.15) is 0 Å². The third-order valence-corrected chi connectivity index (χ3v) is 6.54. The van der Waals surface area contributed by atoms with Crippen LogP contribution in [0.25, 0.3) is 11.3 Å². The van der Waals surface area contributed by atoms with E-state index in [4.69, 9.17) is 0 Å². The number of amides is 1. The topological polar surface area (TPSA) is 61.4 Å². The first-order chi connectivity index (χ1) is 15.2. The average molecular weight is 422 g/mol. The summed E-state index contributed by atoms with van der Waals surface area (Å²) in [5.74, 6) is 1.07.